The molecule has 27 heavy (non-hydrogen) atoms. The van der Waals surface area contributed by atoms with Crippen molar-refractivity contribution in [3.63, 3.8) is 0 Å². The van der Waals surface area contributed by atoms with Crippen LogP contribution in [0.15, 0.2) is 36.5 Å². The largest absolute Gasteiger partial charge is 0.481 e. The molecule has 2 aromatic rings. The number of ether oxygens (including phenoxy) is 2. The van der Waals surface area contributed by atoms with Crippen LogP contribution in [0, 0.1) is 5.92 Å². The molecule has 5 atom stereocenters. The maximum absolute atomic E-state index is 14.3. The van der Waals surface area contributed by atoms with E-state index in [4.69, 9.17) is 32.7 Å². The van der Waals surface area contributed by atoms with E-state index in [1.54, 1.807) is 30.5 Å². The van der Waals surface area contributed by atoms with E-state index >= 15 is 0 Å². The third-order valence-corrected chi connectivity index (χ3v) is 5.87. The third kappa shape index (κ3) is 3.37. The van der Waals surface area contributed by atoms with Gasteiger partial charge in [-0.15, -0.1) is 0 Å². The van der Waals surface area contributed by atoms with E-state index in [-0.39, 0.29) is 24.3 Å². The Morgan fingerprint density at radius 1 is 1.30 bits per heavy atom. The van der Waals surface area contributed by atoms with E-state index in [1.165, 1.54) is 7.11 Å². The van der Waals surface area contributed by atoms with Gasteiger partial charge in [-0.25, -0.2) is 9.37 Å². The molecule has 3 heterocycles. The van der Waals surface area contributed by atoms with Crippen LogP contribution in [-0.4, -0.2) is 36.4 Å². The lowest BCUT2D eigenvalue weighted by molar-refractivity contribution is -0.122. The van der Waals surface area contributed by atoms with Crippen LogP contribution in [0.25, 0.3) is 0 Å². The molecule has 2 aliphatic heterocycles. The zero-order chi connectivity index (χ0) is 19.1. The number of hydrogen-bond acceptors (Lipinski definition) is 4. The summed E-state index contributed by atoms with van der Waals surface area (Å²) < 4.78 is 25.3. The summed E-state index contributed by atoms with van der Waals surface area (Å²) in [5, 5.41) is 3.53. The Hall–Kier alpha value is -1.89. The highest BCUT2D eigenvalue weighted by atomic mass is 35.5. The van der Waals surface area contributed by atoms with E-state index in [0.29, 0.717) is 21.6 Å². The average molecular weight is 411 g/mol. The fraction of sp³-hybridized carbons (Fsp3) is 0.368. The number of rotatable bonds is 4. The number of hydrogen-bond donors (Lipinski definition) is 1. The second-order valence-corrected chi connectivity index (χ2v) is 7.51. The van der Waals surface area contributed by atoms with Crippen LogP contribution in [0.5, 0.6) is 5.88 Å². The standard InChI is InChI=1S/C19H17Cl2FN2O3/c1-26-15-6-9(4-5-23-15)16-14-8-13(22)18(27-14)17(16)19(25)24-10-2-3-11(20)12(21)7-10/h2-7,13-14,16-18H,8H2,1H3,(H,24,25)/t13-,14+,16+,17-,18-/m1/s1. The molecule has 142 valence electrons. The van der Waals surface area contributed by atoms with Crippen LogP contribution in [0.3, 0.4) is 0 Å². The van der Waals surface area contributed by atoms with Gasteiger partial charge < -0.3 is 14.8 Å². The molecule has 2 fully saturated rings. The van der Waals surface area contributed by atoms with Crippen LogP contribution >= 0.6 is 23.2 Å². The summed E-state index contributed by atoms with van der Waals surface area (Å²) in [5.74, 6) is -0.818. The van der Waals surface area contributed by atoms with Crippen LogP contribution < -0.4 is 10.1 Å². The van der Waals surface area contributed by atoms with Crippen molar-refractivity contribution in [3.8, 4) is 5.88 Å². The lowest BCUT2D eigenvalue weighted by Crippen LogP contribution is -2.40. The van der Waals surface area contributed by atoms with Gasteiger partial charge in [0, 0.05) is 30.3 Å². The lowest BCUT2D eigenvalue weighted by atomic mass is 9.74. The predicted molar refractivity (Wildman–Crippen MR) is 100 cm³/mol. The molecule has 0 saturated carbocycles. The van der Waals surface area contributed by atoms with Gasteiger partial charge in [0.25, 0.3) is 0 Å². The Labute approximate surface area is 165 Å². The molecule has 2 aliphatic rings. The topological polar surface area (TPSA) is 60.5 Å². The van der Waals surface area contributed by atoms with Crippen molar-refractivity contribution >= 4 is 34.8 Å². The molecule has 0 radical (unpaired) electrons. The van der Waals surface area contributed by atoms with E-state index < -0.39 is 18.2 Å². The number of carbonyl (C=O) groups is 1. The first kappa shape index (κ1) is 18.5. The van der Waals surface area contributed by atoms with Gasteiger partial charge in [-0.05, 0) is 29.8 Å². The molecule has 8 heteroatoms. The number of nitrogens with zero attached hydrogens (tertiary/aromatic N) is 1. The number of alkyl halides is 1. The summed E-state index contributed by atoms with van der Waals surface area (Å²) in [4.78, 5) is 17.1. The highest BCUT2D eigenvalue weighted by Crippen LogP contribution is 2.50. The fourth-order valence-electron chi connectivity index (χ4n) is 3.95. The van der Waals surface area contributed by atoms with Crippen molar-refractivity contribution in [3.05, 3.63) is 52.1 Å². The van der Waals surface area contributed by atoms with Crippen molar-refractivity contribution < 1.29 is 18.7 Å². The summed E-state index contributed by atoms with van der Waals surface area (Å²) >= 11 is 11.9. The summed E-state index contributed by atoms with van der Waals surface area (Å²) in [7, 11) is 1.52. The Kier molecular flexibility index (Phi) is 4.97. The van der Waals surface area contributed by atoms with Gasteiger partial charge in [0.05, 0.1) is 29.2 Å². The number of halogens is 3. The summed E-state index contributed by atoms with van der Waals surface area (Å²) in [6.45, 7) is 0. The molecule has 1 N–H and O–H groups in total. The third-order valence-electron chi connectivity index (χ3n) is 5.13. The second-order valence-electron chi connectivity index (χ2n) is 6.69. The predicted octanol–water partition coefficient (Wildman–Crippen LogP) is 4.24. The minimum absolute atomic E-state index is 0.274. The monoisotopic (exact) mass is 410 g/mol. The van der Waals surface area contributed by atoms with Crippen LogP contribution in [-0.2, 0) is 9.53 Å². The van der Waals surface area contributed by atoms with Crippen LogP contribution in [0.2, 0.25) is 10.0 Å². The van der Waals surface area contributed by atoms with E-state index in [9.17, 15) is 9.18 Å². The van der Waals surface area contributed by atoms with E-state index in [1.807, 2.05) is 6.07 Å². The molecular formula is C19H17Cl2FN2O3. The molecule has 0 spiro atoms. The molecular weight excluding hydrogens is 394 g/mol. The van der Waals surface area contributed by atoms with Crippen molar-refractivity contribution in [2.45, 2.75) is 30.7 Å². The molecule has 1 amide bonds. The van der Waals surface area contributed by atoms with E-state index in [0.717, 1.165) is 5.56 Å². The number of pyridine rings is 1. The minimum atomic E-state index is -1.17. The molecule has 0 aliphatic carbocycles. The van der Waals surface area contributed by atoms with Gasteiger partial charge in [0.2, 0.25) is 11.8 Å². The van der Waals surface area contributed by atoms with Gasteiger partial charge in [-0.2, -0.15) is 0 Å². The SMILES string of the molecule is COc1cc([C@@H]2[C@@H](C(=O)Nc3ccc(Cl)c(Cl)c3)[C@@H]3O[C@H]2C[C@H]3F)ccn1. The normalized spacial score (nSPS) is 29.0. The average Bonchev–Trinajstić information content (AvgIpc) is 3.21. The molecule has 2 saturated heterocycles. The van der Waals surface area contributed by atoms with Crippen LogP contribution in [0.4, 0.5) is 10.1 Å². The maximum Gasteiger partial charge on any atom is 0.230 e. The van der Waals surface area contributed by atoms with Gasteiger partial charge in [0.15, 0.2) is 0 Å². The number of methoxy groups -OCH3 is 1. The summed E-state index contributed by atoms with van der Waals surface area (Å²) in [6, 6.07) is 8.39. The molecule has 4 rings (SSSR count). The highest BCUT2D eigenvalue weighted by Gasteiger charge is 2.57. The lowest BCUT2D eigenvalue weighted by Gasteiger charge is -2.29. The first-order valence-electron chi connectivity index (χ1n) is 8.53. The Morgan fingerprint density at radius 3 is 2.85 bits per heavy atom. The van der Waals surface area contributed by atoms with Gasteiger partial charge in [-0.3, -0.25) is 4.79 Å². The second kappa shape index (κ2) is 7.26. The van der Waals surface area contributed by atoms with Gasteiger partial charge in [-0.1, -0.05) is 23.2 Å². The molecule has 1 aromatic carbocycles. The zero-order valence-electron chi connectivity index (χ0n) is 14.4. The quantitative estimate of drug-likeness (QED) is 0.818. The zero-order valence-corrected chi connectivity index (χ0v) is 15.9. The van der Waals surface area contributed by atoms with Crippen molar-refractivity contribution in [1.82, 2.24) is 4.98 Å². The van der Waals surface area contributed by atoms with Crippen LogP contribution in [0.1, 0.15) is 17.9 Å². The van der Waals surface area contributed by atoms with Gasteiger partial charge >= 0.3 is 0 Å². The van der Waals surface area contributed by atoms with Crippen molar-refractivity contribution in [2.75, 3.05) is 12.4 Å². The molecule has 0 unspecified atom stereocenters. The molecule has 5 nitrogen and oxygen atoms in total. The smallest absolute Gasteiger partial charge is 0.230 e. The highest BCUT2D eigenvalue weighted by molar-refractivity contribution is 6.42. The number of carbonyl (C=O) groups excluding carboxylic acids is 1. The Morgan fingerprint density at radius 2 is 2.11 bits per heavy atom. The molecule has 1 aromatic heterocycles. The number of nitrogens with one attached hydrogen (secondary N) is 1. The van der Waals surface area contributed by atoms with Crippen molar-refractivity contribution in [2.24, 2.45) is 5.92 Å². The summed E-state index contributed by atoms with van der Waals surface area (Å²) in [5.41, 5.74) is 1.34. The first-order chi connectivity index (χ1) is 13.0. The minimum Gasteiger partial charge on any atom is -0.481 e. The number of aromatic nitrogens is 1. The first-order valence-corrected chi connectivity index (χ1v) is 9.29. The van der Waals surface area contributed by atoms with Crippen molar-refractivity contribution in [1.29, 1.82) is 0 Å². The number of benzene rings is 1. The van der Waals surface area contributed by atoms with Gasteiger partial charge in [0.1, 0.15) is 12.3 Å². The fourth-order valence-corrected chi connectivity index (χ4v) is 4.25. The Bertz CT molecular complexity index is 882. The van der Waals surface area contributed by atoms with E-state index in [2.05, 4.69) is 10.3 Å². The molecule has 2 bridgehead atoms. The number of anilines is 1. The number of amides is 1. The maximum atomic E-state index is 14.3. The Balaban J connectivity index is 1.63. The summed E-state index contributed by atoms with van der Waals surface area (Å²) in [6.07, 6.45) is -0.416. The number of fused-ring (bicyclic) bond motifs is 2.